The Morgan fingerprint density at radius 2 is 1.96 bits per heavy atom. The van der Waals surface area contributed by atoms with E-state index in [9.17, 15) is 9.18 Å². The van der Waals surface area contributed by atoms with Gasteiger partial charge in [-0.25, -0.2) is 4.39 Å². The summed E-state index contributed by atoms with van der Waals surface area (Å²) in [6.45, 7) is 0.946. The van der Waals surface area contributed by atoms with Crippen LogP contribution in [0.15, 0.2) is 53.1 Å². The van der Waals surface area contributed by atoms with Gasteiger partial charge in [0.25, 0.3) is 5.91 Å². The maximum atomic E-state index is 13.2. The van der Waals surface area contributed by atoms with E-state index >= 15 is 0 Å². The van der Waals surface area contributed by atoms with Crippen molar-refractivity contribution >= 4 is 5.91 Å². The van der Waals surface area contributed by atoms with Gasteiger partial charge in [-0.15, -0.1) is 0 Å². The van der Waals surface area contributed by atoms with Crippen molar-refractivity contribution in [1.82, 2.24) is 10.1 Å². The highest BCUT2D eigenvalue weighted by Crippen LogP contribution is 2.31. The Kier molecular flexibility index (Phi) is 4.16. The SMILES string of the molecule is COc1ccccc1C(=O)N1CCc2noc(-c3ccc(F)cc3)c2C1. The number of hydrogen-bond donors (Lipinski definition) is 0. The van der Waals surface area contributed by atoms with Crippen LogP contribution in [0.25, 0.3) is 11.3 Å². The fourth-order valence-corrected chi connectivity index (χ4v) is 3.21. The molecule has 2 aromatic carbocycles. The van der Waals surface area contributed by atoms with Crippen molar-refractivity contribution in [2.45, 2.75) is 13.0 Å². The zero-order valence-corrected chi connectivity index (χ0v) is 14.2. The first-order valence-electron chi connectivity index (χ1n) is 8.33. The molecule has 5 nitrogen and oxygen atoms in total. The van der Waals surface area contributed by atoms with E-state index in [0.29, 0.717) is 36.6 Å². The lowest BCUT2D eigenvalue weighted by Gasteiger charge is -2.27. The first-order chi connectivity index (χ1) is 12.7. The van der Waals surface area contributed by atoms with Crippen LogP contribution in [0.2, 0.25) is 0 Å². The van der Waals surface area contributed by atoms with Gasteiger partial charge < -0.3 is 14.2 Å². The molecule has 2 heterocycles. The smallest absolute Gasteiger partial charge is 0.257 e. The van der Waals surface area contributed by atoms with Crippen molar-refractivity contribution in [2.24, 2.45) is 0 Å². The monoisotopic (exact) mass is 352 g/mol. The summed E-state index contributed by atoms with van der Waals surface area (Å²) in [5, 5.41) is 4.12. The highest BCUT2D eigenvalue weighted by molar-refractivity contribution is 5.97. The van der Waals surface area contributed by atoms with Crippen LogP contribution < -0.4 is 4.74 Å². The fraction of sp³-hybridized carbons (Fsp3) is 0.200. The van der Waals surface area contributed by atoms with Gasteiger partial charge in [-0.3, -0.25) is 4.79 Å². The third-order valence-corrected chi connectivity index (χ3v) is 4.57. The van der Waals surface area contributed by atoms with Crippen LogP contribution >= 0.6 is 0 Å². The molecule has 0 saturated carbocycles. The normalized spacial score (nSPS) is 13.4. The third-order valence-electron chi connectivity index (χ3n) is 4.57. The van der Waals surface area contributed by atoms with E-state index in [2.05, 4.69) is 5.16 Å². The molecule has 4 rings (SSSR count). The standard InChI is InChI=1S/C20H17FN2O3/c1-25-18-5-3-2-4-15(18)20(24)23-11-10-17-16(12-23)19(26-22-17)13-6-8-14(21)9-7-13/h2-9H,10-12H2,1H3. The van der Waals surface area contributed by atoms with Gasteiger partial charge >= 0.3 is 0 Å². The zero-order chi connectivity index (χ0) is 18.1. The van der Waals surface area contributed by atoms with Gasteiger partial charge in [-0.2, -0.15) is 0 Å². The molecule has 0 aliphatic carbocycles. The van der Waals surface area contributed by atoms with Crippen molar-refractivity contribution in [3.63, 3.8) is 0 Å². The Balaban J connectivity index is 1.64. The molecule has 0 atom stereocenters. The number of para-hydroxylation sites is 1. The molecule has 132 valence electrons. The minimum Gasteiger partial charge on any atom is -0.496 e. The number of methoxy groups -OCH3 is 1. The number of rotatable bonds is 3. The maximum absolute atomic E-state index is 13.2. The number of nitrogens with zero attached hydrogens (tertiary/aromatic N) is 2. The van der Waals surface area contributed by atoms with Gasteiger partial charge in [0.1, 0.15) is 11.6 Å². The van der Waals surface area contributed by atoms with Gasteiger partial charge in [0.05, 0.1) is 24.9 Å². The molecule has 0 spiro atoms. The number of benzene rings is 2. The summed E-state index contributed by atoms with van der Waals surface area (Å²) < 4.78 is 24.0. The highest BCUT2D eigenvalue weighted by Gasteiger charge is 2.29. The first-order valence-corrected chi connectivity index (χ1v) is 8.33. The molecule has 3 aromatic rings. The topological polar surface area (TPSA) is 55.6 Å². The second-order valence-electron chi connectivity index (χ2n) is 6.12. The van der Waals surface area contributed by atoms with E-state index < -0.39 is 0 Å². The number of hydrogen-bond acceptors (Lipinski definition) is 4. The minimum absolute atomic E-state index is 0.0978. The van der Waals surface area contributed by atoms with E-state index in [4.69, 9.17) is 9.26 Å². The Labute approximate surface area is 150 Å². The molecular formula is C20H17FN2O3. The molecule has 0 saturated heterocycles. The average molecular weight is 352 g/mol. The average Bonchev–Trinajstić information content (AvgIpc) is 3.11. The second-order valence-corrected chi connectivity index (χ2v) is 6.12. The summed E-state index contributed by atoms with van der Waals surface area (Å²) in [5.74, 6) is 0.722. The summed E-state index contributed by atoms with van der Waals surface area (Å²) in [6.07, 6.45) is 0.612. The second kappa shape index (κ2) is 6.63. The minimum atomic E-state index is -0.310. The van der Waals surface area contributed by atoms with Crippen LogP contribution in [0.5, 0.6) is 5.75 Å². The lowest BCUT2D eigenvalue weighted by Crippen LogP contribution is -2.36. The molecule has 0 bridgehead atoms. The molecule has 1 aromatic heterocycles. The predicted octanol–water partition coefficient (Wildman–Crippen LogP) is 3.69. The zero-order valence-electron chi connectivity index (χ0n) is 14.2. The molecule has 1 aliphatic rings. The number of carbonyl (C=O) groups is 1. The van der Waals surface area contributed by atoms with Crippen molar-refractivity contribution in [1.29, 1.82) is 0 Å². The molecule has 0 unspecified atom stereocenters. The van der Waals surface area contributed by atoms with Crippen LogP contribution in [0.1, 0.15) is 21.6 Å². The number of aromatic nitrogens is 1. The Bertz CT molecular complexity index is 950. The molecular weight excluding hydrogens is 335 g/mol. The lowest BCUT2D eigenvalue weighted by atomic mass is 10.0. The van der Waals surface area contributed by atoms with E-state index in [0.717, 1.165) is 16.8 Å². The van der Waals surface area contributed by atoms with Crippen LogP contribution in [0.3, 0.4) is 0 Å². The van der Waals surface area contributed by atoms with Crippen LogP contribution in [-0.2, 0) is 13.0 Å². The molecule has 1 aliphatic heterocycles. The summed E-state index contributed by atoms with van der Waals surface area (Å²) in [4.78, 5) is 14.7. The summed E-state index contributed by atoms with van der Waals surface area (Å²) in [6, 6.07) is 13.2. The number of ether oxygens (including phenoxy) is 1. The first kappa shape index (κ1) is 16.3. The van der Waals surface area contributed by atoms with Gasteiger partial charge in [-0.1, -0.05) is 17.3 Å². The van der Waals surface area contributed by atoms with Gasteiger partial charge in [0.15, 0.2) is 5.76 Å². The summed E-state index contributed by atoms with van der Waals surface area (Å²) in [7, 11) is 1.55. The third kappa shape index (κ3) is 2.83. The van der Waals surface area contributed by atoms with E-state index in [1.54, 1.807) is 36.3 Å². The molecule has 1 amide bonds. The van der Waals surface area contributed by atoms with E-state index in [1.165, 1.54) is 12.1 Å². The number of carbonyl (C=O) groups excluding carboxylic acids is 1. The van der Waals surface area contributed by atoms with E-state index in [-0.39, 0.29) is 11.7 Å². The Morgan fingerprint density at radius 3 is 2.73 bits per heavy atom. The Hall–Kier alpha value is -3.15. The van der Waals surface area contributed by atoms with Crippen LogP contribution in [-0.4, -0.2) is 29.6 Å². The van der Waals surface area contributed by atoms with Crippen LogP contribution in [0.4, 0.5) is 4.39 Å². The Morgan fingerprint density at radius 1 is 1.19 bits per heavy atom. The quantitative estimate of drug-likeness (QED) is 0.721. The predicted molar refractivity (Wildman–Crippen MR) is 93.3 cm³/mol. The fourth-order valence-electron chi connectivity index (χ4n) is 3.21. The largest absolute Gasteiger partial charge is 0.496 e. The van der Waals surface area contributed by atoms with Crippen LogP contribution in [0, 0.1) is 5.82 Å². The molecule has 26 heavy (non-hydrogen) atoms. The molecule has 6 heteroatoms. The maximum Gasteiger partial charge on any atom is 0.257 e. The van der Waals surface area contributed by atoms with E-state index in [1.807, 2.05) is 12.1 Å². The lowest BCUT2D eigenvalue weighted by molar-refractivity contribution is 0.0731. The highest BCUT2D eigenvalue weighted by atomic mass is 19.1. The number of fused-ring (bicyclic) bond motifs is 1. The van der Waals surface area contributed by atoms with Crippen molar-refractivity contribution < 1.29 is 18.4 Å². The van der Waals surface area contributed by atoms with Crippen molar-refractivity contribution in [2.75, 3.05) is 13.7 Å². The molecule has 0 radical (unpaired) electrons. The van der Waals surface area contributed by atoms with Gasteiger partial charge in [0.2, 0.25) is 0 Å². The summed E-state index contributed by atoms with van der Waals surface area (Å²) in [5.41, 5.74) is 2.98. The van der Waals surface area contributed by atoms with Crippen molar-refractivity contribution in [3.8, 4) is 17.1 Å². The summed E-state index contributed by atoms with van der Waals surface area (Å²) >= 11 is 0. The van der Waals surface area contributed by atoms with Gasteiger partial charge in [-0.05, 0) is 36.4 Å². The van der Waals surface area contributed by atoms with Gasteiger partial charge in [0, 0.05) is 24.1 Å². The number of amides is 1. The molecule has 0 N–H and O–H groups in total. The number of halogens is 1. The van der Waals surface area contributed by atoms with Crippen molar-refractivity contribution in [3.05, 3.63) is 71.2 Å². The molecule has 0 fully saturated rings.